The summed E-state index contributed by atoms with van der Waals surface area (Å²) in [6, 6.07) is 4.95. The summed E-state index contributed by atoms with van der Waals surface area (Å²) in [5.41, 5.74) is 1.12. The highest BCUT2D eigenvalue weighted by atomic mass is 19.2. The molecule has 0 radical (unpaired) electrons. The van der Waals surface area contributed by atoms with Crippen molar-refractivity contribution in [3.05, 3.63) is 66.1 Å². The molecule has 0 aliphatic carbocycles. The Balaban J connectivity index is 1.53. The number of nitrogens with one attached hydrogen (secondary N) is 1. The Kier molecular flexibility index (Phi) is 4.78. The van der Waals surface area contributed by atoms with E-state index in [1.807, 2.05) is 0 Å². The van der Waals surface area contributed by atoms with E-state index < -0.39 is 29.0 Å². The maximum atomic E-state index is 15.0. The maximum Gasteiger partial charge on any atom is 0.201 e. The monoisotopic (exact) mass is 429 g/mol. The summed E-state index contributed by atoms with van der Waals surface area (Å²) in [5.74, 6) is -5.27. The van der Waals surface area contributed by atoms with Crippen molar-refractivity contribution in [2.24, 2.45) is 0 Å². The van der Waals surface area contributed by atoms with Crippen molar-refractivity contribution >= 4 is 11.0 Å². The average molecular weight is 429 g/mol. The molecule has 31 heavy (non-hydrogen) atoms. The third kappa shape index (κ3) is 3.48. The molecule has 2 aromatic heterocycles. The molecule has 1 saturated heterocycles. The van der Waals surface area contributed by atoms with Gasteiger partial charge in [0.25, 0.3) is 0 Å². The summed E-state index contributed by atoms with van der Waals surface area (Å²) in [6.07, 6.45) is 3.84. The molecular formula is C21H15F4N5O. The van der Waals surface area contributed by atoms with Crippen LogP contribution < -0.4 is 10.1 Å². The van der Waals surface area contributed by atoms with Gasteiger partial charge in [-0.3, -0.25) is 0 Å². The fourth-order valence-corrected chi connectivity index (χ4v) is 3.67. The normalized spacial score (nSPS) is 16.2. The first-order chi connectivity index (χ1) is 15.0. The van der Waals surface area contributed by atoms with Crippen molar-refractivity contribution in [1.82, 2.24) is 25.1 Å². The van der Waals surface area contributed by atoms with Gasteiger partial charge in [-0.1, -0.05) is 0 Å². The van der Waals surface area contributed by atoms with Crippen LogP contribution in [0.1, 0.15) is 12.5 Å². The van der Waals surface area contributed by atoms with Crippen molar-refractivity contribution in [1.29, 1.82) is 0 Å². The number of benzene rings is 2. The fourth-order valence-electron chi connectivity index (χ4n) is 3.67. The minimum absolute atomic E-state index is 0.0858. The Morgan fingerprint density at radius 3 is 2.71 bits per heavy atom. The van der Waals surface area contributed by atoms with Gasteiger partial charge in [0.1, 0.15) is 29.4 Å². The summed E-state index contributed by atoms with van der Waals surface area (Å²) < 4.78 is 62.5. The Morgan fingerprint density at radius 1 is 1.06 bits per heavy atom. The Morgan fingerprint density at radius 2 is 1.94 bits per heavy atom. The molecule has 1 fully saturated rings. The summed E-state index contributed by atoms with van der Waals surface area (Å²) in [7, 11) is 0. The molecule has 0 unspecified atom stereocenters. The minimum Gasteiger partial charge on any atom is -0.454 e. The Hall–Kier alpha value is -3.53. The first kappa shape index (κ1) is 19.4. The summed E-state index contributed by atoms with van der Waals surface area (Å²) >= 11 is 0. The lowest BCUT2D eigenvalue weighted by Gasteiger charge is -2.10. The maximum absolute atomic E-state index is 15.0. The zero-order chi connectivity index (χ0) is 21.5. The lowest BCUT2D eigenvalue weighted by atomic mass is 10.1. The predicted octanol–water partition coefficient (Wildman–Crippen LogP) is 4.38. The summed E-state index contributed by atoms with van der Waals surface area (Å²) in [4.78, 5) is 8.33. The molecule has 1 aliphatic rings. The van der Waals surface area contributed by atoms with Gasteiger partial charge in [-0.15, -0.1) is 0 Å². The third-order valence-electron chi connectivity index (χ3n) is 5.13. The highest BCUT2D eigenvalue weighted by molar-refractivity contribution is 5.90. The van der Waals surface area contributed by atoms with E-state index in [1.54, 1.807) is 10.9 Å². The zero-order valence-electron chi connectivity index (χ0n) is 15.9. The lowest BCUT2D eigenvalue weighted by Crippen LogP contribution is -2.14. The summed E-state index contributed by atoms with van der Waals surface area (Å²) in [6.45, 7) is 1.58. The van der Waals surface area contributed by atoms with Crippen molar-refractivity contribution in [3.63, 3.8) is 0 Å². The van der Waals surface area contributed by atoms with Crippen LogP contribution in [-0.4, -0.2) is 32.8 Å². The van der Waals surface area contributed by atoms with Crippen molar-refractivity contribution in [3.8, 4) is 22.8 Å². The van der Waals surface area contributed by atoms with Crippen LogP contribution in [0.4, 0.5) is 17.6 Å². The molecule has 1 atom stereocenters. The van der Waals surface area contributed by atoms with Crippen LogP contribution in [-0.2, 0) is 0 Å². The first-order valence-electron chi connectivity index (χ1n) is 9.52. The van der Waals surface area contributed by atoms with Crippen LogP contribution in [0, 0.1) is 23.3 Å². The van der Waals surface area contributed by atoms with E-state index in [9.17, 15) is 17.6 Å². The molecule has 158 valence electrons. The topological polar surface area (TPSA) is 64.9 Å². The van der Waals surface area contributed by atoms with Crippen LogP contribution in [0.5, 0.6) is 11.5 Å². The van der Waals surface area contributed by atoms with Gasteiger partial charge in [0.2, 0.25) is 5.82 Å². The van der Waals surface area contributed by atoms with Gasteiger partial charge in [0.05, 0.1) is 11.4 Å². The van der Waals surface area contributed by atoms with Gasteiger partial charge < -0.3 is 10.1 Å². The number of ether oxygens (including phenoxy) is 1. The molecule has 4 aromatic rings. The third-order valence-corrected chi connectivity index (χ3v) is 5.13. The first-order valence-corrected chi connectivity index (χ1v) is 9.52. The number of hydrogen-bond acceptors (Lipinski definition) is 5. The molecule has 0 spiro atoms. The zero-order valence-corrected chi connectivity index (χ0v) is 15.9. The van der Waals surface area contributed by atoms with E-state index in [2.05, 4.69) is 20.4 Å². The van der Waals surface area contributed by atoms with Gasteiger partial charge in [-0.05, 0) is 25.1 Å². The second kappa shape index (κ2) is 7.62. The van der Waals surface area contributed by atoms with Crippen LogP contribution >= 0.6 is 0 Å². The largest absolute Gasteiger partial charge is 0.454 e. The number of aromatic nitrogens is 4. The van der Waals surface area contributed by atoms with Crippen molar-refractivity contribution < 1.29 is 22.3 Å². The van der Waals surface area contributed by atoms with Crippen LogP contribution in [0.15, 0.2) is 42.9 Å². The van der Waals surface area contributed by atoms with E-state index in [0.717, 1.165) is 25.6 Å². The van der Waals surface area contributed by atoms with Crippen molar-refractivity contribution in [2.45, 2.75) is 12.5 Å². The number of hydrogen-bond donors (Lipinski definition) is 1. The van der Waals surface area contributed by atoms with E-state index in [0.29, 0.717) is 28.9 Å². The van der Waals surface area contributed by atoms with E-state index in [4.69, 9.17) is 4.74 Å². The van der Waals surface area contributed by atoms with E-state index in [1.165, 1.54) is 18.5 Å². The smallest absolute Gasteiger partial charge is 0.201 e. The van der Waals surface area contributed by atoms with E-state index >= 15 is 0 Å². The highest BCUT2D eigenvalue weighted by Gasteiger charge is 2.24. The number of nitrogens with zero attached hydrogens (tertiary/aromatic N) is 4. The second-order valence-electron chi connectivity index (χ2n) is 7.14. The number of rotatable bonds is 4. The van der Waals surface area contributed by atoms with Gasteiger partial charge >= 0.3 is 0 Å². The standard InChI is InChI=1S/C21H15F4N5O/c22-11-5-17(24)19(25)18(6-11)31-13-1-2-14(16(23)7-13)20-15-9-27-10-28-21(15)30(29-20)12-3-4-26-8-12/h1-2,5-7,9-10,12,26H,3-4,8H2/t12-/m1/s1. The molecule has 0 amide bonds. The molecule has 2 aromatic carbocycles. The molecule has 0 saturated carbocycles. The van der Waals surface area contributed by atoms with Crippen LogP contribution in [0.3, 0.4) is 0 Å². The fraction of sp³-hybridized carbons (Fsp3) is 0.190. The molecule has 1 N–H and O–H groups in total. The van der Waals surface area contributed by atoms with E-state index in [-0.39, 0.29) is 17.4 Å². The molecule has 0 bridgehead atoms. The van der Waals surface area contributed by atoms with Gasteiger partial charge in [-0.25, -0.2) is 27.8 Å². The lowest BCUT2D eigenvalue weighted by molar-refractivity contribution is 0.406. The van der Waals surface area contributed by atoms with Gasteiger partial charge in [-0.2, -0.15) is 9.49 Å². The molecule has 6 nitrogen and oxygen atoms in total. The summed E-state index contributed by atoms with van der Waals surface area (Å²) in [5, 5.41) is 8.43. The van der Waals surface area contributed by atoms with Gasteiger partial charge in [0.15, 0.2) is 17.2 Å². The van der Waals surface area contributed by atoms with Gasteiger partial charge in [0, 0.05) is 36.5 Å². The van der Waals surface area contributed by atoms with Crippen LogP contribution in [0.25, 0.3) is 22.3 Å². The quantitative estimate of drug-likeness (QED) is 0.385. The highest BCUT2D eigenvalue weighted by Crippen LogP contribution is 2.34. The SMILES string of the molecule is Fc1cc(F)c(F)c(Oc2ccc(-c3nn([C@@H]4CCNC4)c4ncncc34)c(F)c2)c1. The number of fused-ring (bicyclic) bond motifs is 1. The Labute approximate surface area is 173 Å². The van der Waals surface area contributed by atoms with Crippen molar-refractivity contribution in [2.75, 3.05) is 13.1 Å². The molecular weight excluding hydrogens is 414 g/mol. The minimum atomic E-state index is -1.40. The molecule has 10 heteroatoms. The Bertz CT molecular complexity index is 1290. The van der Waals surface area contributed by atoms with Crippen LogP contribution in [0.2, 0.25) is 0 Å². The molecule has 1 aliphatic heterocycles. The predicted molar refractivity (Wildman–Crippen MR) is 104 cm³/mol. The molecule has 3 heterocycles. The second-order valence-corrected chi connectivity index (χ2v) is 7.14. The number of halogens is 4. The average Bonchev–Trinajstić information content (AvgIpc) is 3.40. The molecule has 5 rings (SSSR count).